The maximum atomic E-state index is 13.0. The Morgan fingerprint density at radius 2 is 1.74 bits per heavy atom. The fourth-order valence-electron chi connectivity index (χ4n) is 3.29. The smallest absolute Gasteiger partial charge is 0.322 e. The average molecular weight is 457 g/mol. The van der Waals surface area contributed by atoms with E-state index in [1.54, 1.807) is 54.0 Å². The topological polar surface area (TPSA) is 86.1 Å². The molecule has 0 aliphatic carbocycles. The third-order valence-electron chi connectivity index (χ3n) is 4.83. The van der Waals surface area contributed by atoms with Crippen molar-refractivity contribution in [3.8, 4) is 11.8 Å². The van der Waals surface area contributed by atoms with Crippen molar-refractivity contribution in [1.82, 2.24) is 19.5 Å². The number of nitrogens with one attached hydrogen (secondary N) is 1. The summed E-state index contributed by atoms with van der Waals surface area (Å²) in [6, 6.07) is 19.2. The lowest BCUT2D eigenvalue weighted by Crippen LogP contribution is -2.29. The summed E-state index contributed by atoms with van der Waals surface area (Å²) in [5.41, 5.74) is 0. The van der Waals surface area contributed by atoms with Gasteiger partial charge in [0.05, 0.1) is 10.9 Å². The first-order valence-corrected chi connectivity index (χ1v) is 11.6. The molecule has 0 saturated carbocycles. The van der Waals surface area contributed by atoms with Gasteiger partial charge in [-0.3, -0.25) is 4.57 Å². The number of benzene rings is 3. The van der Waals surface area contributed by atoms with Crippen LogP contribution in [0.2, 0.25) is 5.02 Å². The van der Waals surface area contributed by atoms with Crippen molar-refractivity contribution < 1.29 is 13.2 Å². The molecule has 1 N–H and O–H groups in total. The lowest BCUT2D eigenvalue weighted by molar-refractivity contribution is 0.408. The first kappa shape index (κ1) is 21.3. The van der Waals surface area contributed by atoms with E-state index >= 15 is 0 Å². The van der Waals surface area contributed by atoms with Gasteiger partial charge in [0.1, 0.15) is 5.75 Å². The number of fused-ring (bicyclic) bond motifs is 1. The van der Waals surface area contributed by atoms with Gasteiger partial charge in [0.25, 0.3) is 0 Å². The van der Waals surface area contributed by atoms with Gasteiger partial charge in [-0.1, -0.05) is 47.0 Å². The summed E-state index contributed by atoms with van der Waals surface area (Å²) in [5.74, 6) is 1.01. The monoisotopic (exact) mass is 456 g/mol. The summed E-state index contributed by atoms with van der Waals surface area (Å²) in [7, 11) is -3.77. The average Bonchev–Trinajstić information content (AvgIpc) is 3.17. The summed E-state index contributed by atoms with van der Waals surface area (Å²) in [6.45, 7) is 4.14. The Hall–Kier alpha value is -2.94. The Bertz CT molecular complexity index is 1320. The van der Waals surface area contributed by atoms with E-state index in [0.717, 1.165) is 10.8 Å². The van der Waals surface area contributed by atoms with E-state index in [1.165, 1.54) is 0 Å². The number of aromatic nitrogens is 3. The highest BCUT2D eigenvalue weighted by Crippen LogP contribution is 2.25. The van der Waals surface area contributed by atoms with Gasteiger partial charge >= 0.3 is 6.01 Å². The van der Waals surface area contributed by atoms with E-state index in [2.05, 4.69) is 14.9 Å². The zero-order valence-electron chi connectivity index (χ0n) is 17.0. The highest BCUT2D eigenvalue weighted by atomic mass is 35.5. The van der Waals surface area contributed by atoms with E-state index < -0.39 is 16.1 Å². The van der Waals surface area contributed by atoms with Crippen LogP contribution in [0.15, 0.2) is 71.6 Å². The minimum absolute atomic E-state index is 0.193. The second-order valence-electron chi connectivity index (χ2n) is 6.99. The van der Waals surface area contributed by atoms with E-state index in [-0.39, 0.29) is 10.9 Å². The van der Waals surface area contributed by atoms with Gasteiger partial charge in [-0.2, -0.15) is 0 Å². The lowest BCUT2D eigenvalue weighted by Gasteiger charge is -2.15. The van der Waals surface area contributed by atoms with Crippen LogP contribution in [0, 0.1) is 0 Å². The lowest BCUT2D eigenvalue weighted by atomic mass is 10.1. The van der Waals surface area contributed by atoms with Crippen LogP contribution in [-0.2, 0) is 16.6 Å². The van der Waals surface area contributed by atoms with Crippen molar-refractivity contribution in [2.75, 3.05) is 0 Å². The molecule has 3 aromatic carbocycles. The number of ether oxygens (including phenoxy) is 1. The molecule has 31 heavy (non-hydrogen) atoms. The van der Waals surface area contributed by atoms with Gasteiger partial charge in [0, 0.05) is 11.6 Å². The van der Waals surface area contributed by atoms with Crippen LogP contribution in [0.5, 0.6) is 11.8 Å². The van der Waals surface area contributed by atoms with Crippen LogP contribution >= 0.6 is 11.6 Å². The Morgan fingerprint density at radius 1 is 1.03 bits per heavy atom. The van der Waals surface area contributed by atoms with Crippen molar-refractivity contribution in [3.05, 3.63) is 77.6 Å². The first-order chi connectivity index (χ1) is 14.9. The number of hydrogen-bond acceptors (Lipinski definition) is 5. The minimum atomic E-state index is -3.77. The molecule has 1 atom stereocenters. The van der Waals surface area contributed by atoms with E-state index in [4.69, 9.17) is 16.3 Å². The zero-order valence-corrected chi connectivity index (χ0v) is 18.6. The van der Waals surface area contributed by atoms with Gasteiger partial charge in [-0.05, 0) is 61.0 Å². The van der Waals surface area contributed by atoms with Crippen molar-refractivity contribution in [2.24, 2.45) is 0 Å². The van der Waals surface area contributed by atoms with Gasteiger partial charge in [-0.25, -0.2) is 13.1 Å². The number of rotatable bonds is 7. The third kappa shape index (κ3) is 4.56. The second-order valence-corrected chi connectivity index (χ2v) is 9.14. The molecule has 0 aliphatic rings. The Kier molecular flexibility index (Phi) is 5.95. The highest BCUT2D eigenvalue weighted by molar-refractivity contribution is 7.89. The summed E-state index contributed by atoms with van der Waals surface area (Å²) in [5, 5.41) is 10.7. The number of halogens is 1. The van der Waals surface area contributed by atoms with Crippen LogP contribution in [0.4, 0.5) is 0 Å². The number of nitrogens with zero attached hydrogens (tertiary/aromatic N) is 3. The van der Waals surface area contributed by atoms with Crippen LogP contribution in [0.25, 0.3) is 10.8 Å². The largest absolute Gasteiger partial charge is 0.424 e. The predicted molar refractivity (Wildman–Crippen MR) is 120 cm³/mol. The van der Waals surface area contributed by atoms with Crippen LogP contribution in [-0.4, -0.2) is 23.2 Å². The Morgan fingerprint density at radius 3 is 2.45 bits per heavy atom. The van der Waals surface area contributed by atoms with Gasteiger partial charge in [-0.15, -0.1) is 5.10 Å². The molecule has 0 spiro atoms. The first-order valence-electron chi connectivity index (χ1n) is 9.75. The molecule has 9 heteroatoms. The summed E-state index contributed by atoms with van der Waals surface area (Å²) in [6.07, 6.45) is 0. The summed E-state index contributed by atoms with van der Waals surface area (Å²) >= 11 is 5.91. The normalized spacial score (nSPS) is 12.7. The molecule has 0 amide bonds. The van der Waals surface area contributed by atoms with Gasteiger partial charge in [0.2, 0.25) is 10.0 Å². The molecule has 0 radical (unpaired) electrons. The molecule has 4 aromatic rings. The molecule has 1 heterocycles. The maximum Gasteiger partial charge on any atom is 0.322 e. The molecule has 0 bridgehead atoms. The van der Waals surface area contributed by atoms with Crippen molar-refractivity contribution in [3.63, 3.8) is 0 Å². The minimum Gasteiger partial charge on any atom is -0.424 e. The third-order valence-corrected chi connectivity index (χ3v) is 6.63. The molecule has 1 aromatic heterocycles. The second kappa shape index (κ2) is 8.66. The van der Waals surface area contributed by atoms with Crippen LogP contribution in [0.1, 0.15) is 25.7 Å². The standard InChI is InChI=1S/C22H21ClN4O3S/c1-3-27-21(24-25-22(27)30-19-11-9-18(23)10-12-19)15(2)26-31(28,29)20-13-8-16-6-4-5-7-17(16)14-20/h4-15,26H,3H2,1-2H3/t15-/m1/s1. The Labute approximate surface area is 185 Å². The van der Waals surface area contributed by atoms with E-state index in [9.17, 15) is 8.42 Å². The van der Waals surface area contributed by atoms with Gasteiger partial charge in [0.15, 0.2) is 5.82 Å². The fourth-order valence-corrected chi connectivity index (χ4v) is 4.65. The molecular weight excluding hydrogens is 436 g/mol. The van der Waals surface area contributed by atoms with Gasteiger partial charge < -0.3 is 4.74 Å². The highest BCUT2D eigenvalue weighted by Gasteiger charge is 2.24. The quantitative estimate of drug-likeness (QED) is 0.425. The predicted octanol–water partition coefficient (Wildman–Crippen LogP) is 4.94. The van der Waals surface area contributed by atoms with E-state index in [1.807, 2.05) is 31.2 Å². The summed E-state index contributed by atoms with van der Waals surface area (Å²) < 4.78 is 36.2. The Balaban J connectivity index is 1.57. The molecule has 0 unspecified atom stereocenters. The molecule has 0 fully saturated rings. The molecule has 7 nitrogen and oxygen atoms in total. The molecule has 4 rings (SSSR count). The maximum absolute atomic E-state index is 13.0. The molecular formula is C22H21ClN4O3S. The molecule has 0 saturated heterocycles. The van der Waals surface area contributed by atoms with Crippen molar-refractivity contribution in [1.29, 1.82) is 0 Å². The summed E-state index contributed by atoms with van der Waals surface area (Å²) in [4.78, 5) is 0.193. The van der Waals surface area contributed by atoms with Crippen LogP contribution in [0.3, 0.4) is 0 Å². The SMILES string of the molecule is CCn1c(Oc2ccc(Cl)cc2)nnc1[C@@H](C)NS(=O)(=O)c1ccc2ccccc2c1. The van der Waals surface area contributed by atoms with Crippen LogP contribution < -0.4 is 9.46 Å². The fraction of sp³-hybridized carbons (Fsp3) is 0.182. The number of sulfonamides is 1. The number of hydrogen-bond donors (Lipinski definition) is 1. The molecule has 160 valence electrons. The zero-order chi connectivity index (χ0) is 22.0. The van der Waals surface area contributed by atoms with Crippen molar-refractivity contribution >= 4 is 32.4 Å². The van der Waals surface area contributed by atoms with E-state index in [0.29, 0.717) is 23.1 Å². The molecule has 0 aliphatic heterocycles. The van der Waals surface area contributed by atoms with Crippen molar-refractivity contribution in [2.45, 2.75) is 31.3 Å².